The van der Waals surface area contributed by atoms with Gasteiger partial charge in [0.1, 0.15) is 5.54 Å². The van der Waals surface area contributed by atoms with Gasteiger partial charge in [-0.05, 0) is 45.3 Å². The van der Waals surface area contributed by atoms with Crippen LogP contribution in [0.2, 0.25) is 0 Å². The molecule has 2 saturated carbocycles. The Balaban J connectivity index is 2.03. The van der Waals surface area contributed by atoms with E-state index in [-0.39, 0.29) is 11.5 Å². The van der Waals surface area contributed by atoms with Crippen molar-refractivity contribution in [1.82, 2.24) is 5.32 Å². The van der Waals surface area contributed by atoms with Crippen molar-refractivity contribution in [2.24, 2.45) is 0 Å². The third kappa shape index (κ3) is 2.54. The van der Waals surface area contributed by atoms with Crippen LogP contribution < -0.4 is 5.32 Å². The molecule has 0 saturated heterocycles. The molecule has 3 nitrogen and oxygen atoms in total. The SMILES string of the molecule is CCOC(=O)C1(NC2CC2)CCC(SC)C1. The second-order valence-electron chi connectivity index (χ2n) is 4.82. The Kier molecular flexibility index (Phi) is 3.80. The lowest BCUT2D eigenvalue weighted by atomic mass is 9.97. The predicted molar refractivity (Wildman–Crippen MR) is 66.7 cm³/mol. The van der Waals surface area contributed by atoms with E-state index in [4.69, 9.17) is 4.74 Å². The van der Waals surface area contributed by atoms with Crippen molar-refractivity contribution in [3.63, 3.8) is 0 Å². The summed E-state index contributed by atoms with van der Waals surface area (Å²) in [6, 6.07) is 0.560. The molecule has 2 aliphatic rings. The van der Waals surface area contributed by atoms with Crippen LogP contribution in [0.4, 0.5) is 0 Å². The van der Waals surface area contributed by atoms with Gasteiger partial charge in [0.2, 0.25) is 0 Å². The van der Waals surface area contributed by atoms with E-state index in [1.807, 2.05) is 18.7 Å². The maximum Gasteiger partial charge on any atom is 0.326 e. The fourth-order valence-corrected chi connectivity index (χ4v) is 3.27. The lowest BCUT2D eigenvalue weighted by Gasteiger charge is -2.28. The van der Waals surface area contributed by atoms with Crippen molar-refractivity contribution < 1.29 is 9.53 Å². The van der Waals surface area contributed by atoms with Gasteiger partial charge >= 0.3 is 5.97 Å². The van der Waals surface area contributed by atoms with Crippen molar-refractivity contribution in [2.75, 3.05) is 12.9 Å². The summed E-state index contributed by atoms with van der Waals surface area (Å²) < 4.78 is 5.24. The lowest BCUT2D eigenvalue weighted by Crippen LogP contribution is -2.52. The second-order valence-corrected chi connectivity index (χ2v) is 5.96. The zero-order valence-corrected chi connectivity index (χ0v) is 10.9. The van der Waals surface area contributed by atoms with Crippen LogP contribution in [-0.2, 0) is 9.53 Å². The third-order valence-electron chi connectivity index (χ3n) is 3.53. The van der Waals surface area contributed by atoms with Gasteiger partial charge < -0.3 is 4.74 Å². The first-order chi connectivity index (χ1) is 7.70. The Morgan fingerprint density at radius 1 is 1.50 bits per heavy atom. The van der Waals surface area contributed by atoms with Crippen LogP contribution in [0.25, 0.3) is 0 Å². The number of hydrogen-bond donors (Lipinski definition) is 1. The van der Waals surface area contributed by atoms with Crippen LogP contribution in [0, 0.1) is 0 Å². The fourth-order valence-electron chi connectivity index (χ4n) is 2.46. The molecule has 0 aromatic rings. The smallest absolute Gasteiger partial charge is 0.326 e. The van der Waals surface area contributed by atoms with Crippen molar-refractivity contribution in [2.45, 2.75) is 55.9 Å². The number of carbonyl (C=O) groups is 1. The number of thioether (sulfide) groups is 1. The number of nitrogens with one attached hydrogen (secondary N) is 1. The quantitative estimate of drug-likeness (QED) is 0.749. The number of carbonyl (C=O) groups excluding carboxylic acids is 1. The van der Waals surface area contributed by atoms with Crippen LogP contribution in [0.5, 0.6) is 0 Å². The Morgan fingerprint density at radius 3 is 2.75 bits per heavy atom. The summed E-state index contributed by atoms with van der Waals surface area (Å²) in [5.41, 5.74) is -0.370. The van der Waals surface area contributed by atoms with Crippen molar-refractivity contribution in [3.8, 4) is 0 Å². The minimum Gasteiger partial charge on any atom is -0.465 e. The Bertz CT molecular complexity index is 268. The highest BCUT2D eigenvalue weighted by Gasteiger charge is 2.48. The molecule has 2 fully saturated rings. The van der Waals surface area contributed by atoms with E-state index < -0.39 is 0 Å². The molecule has 0 radical (unpaired) electrons. The molecule has 16 heavy (non-hydrogen) atoms. The van der Waals surface area contributed by atoms with E-state index >= 15 is 0 Å². The van der Waals surface area contributed by atoms with E-state index in [1.165, 1.54) is 12.8 Å². The first kappa shape index (κ1) is 12.2. The summed E-state index contributed by atoms with van der Waals surface area (Å²) in [5, 5.41) is 4.13. The van der Waals surface area contributed by atoms with E-state index in [9.17, 15) is 4.79 Å². The molecule has 0 aromatic carbocycles. The summed E-state index contributed by atoms with van der Waals surface area (Å²) in [6.45, 7) is 2.36. The van der Waals surface area contributed by atoms with Crippen molar-refractivity contribution >= 4 is 17.7 Å². The van der Waals surface area contributed by atoms with Gasteiger partial charge in [0.25, 0.3) is 0 Å². The summed E-state index contributed by atoms with van der Waals surface area (Å²) in [4.78, 5) is 12.1. The second kappa shape index (κ2) is 4.96. The molecule has 0 spiro atoms. The van der Waals surface area contributed by atoms with Crippen molar-refractivity contribution in [1.29, 1.82) is 0 Å². The zero-order chi connectivity index (χ0) is 11.6. The van der Waals surface area contributed by atoms with Gasteiger partial charge in [-0.25, -0.2) is 0 Å². The van der Waals surface area contributed by atoms with Gasteiger partial charge in [-0.1, -0.05) is 0 Å². The van der Waals surface area contributed by atoms with Crippen LogP contribution >= 0.6 is 11.8 Å². The van der Waals surface area contributed by atoms with Gasteiger partial charge in [-0.15, -0.1) is 0 Å². The summed E-state index contributed by atoms with van der Waals surface area (Å²) in [6.07, 6.45) is 7.55. The monoisotopic (exact) mass is 243 g/mol. The molecule has 2 unspecified atom stereocenters. The number of rotatable bonds is 5. The fraction of sp³-hybridized carbons (Fsp3) is 0.917. The molecule has 0 aromatic heterocycles. The van der Waals surface area contributed by atoms with E-state index in [0.29, 0.717) is 17.9 Å². The molecule has 1 N–H and O–H groups in total. The summed E-state index contributed by atoms with van der Waals surface area (Å²) in [5.74, 6) is -0.0292. The van der Waals surface area contributed by atoms with Crippen LogP contribution in [0.15, 0.2) is 0 Å². The molecule has 0 heterocycles. The maximum atomic E-state index is 12.1. The first-order valence-electron chi connectivity index (χ1n) is 6.18. The molecular weight excluding hydrogens is 222 g/mol. The average molecular weight is 243 g/mol. The maximum absolute atomic E-state index is 12.1. The molecule has 0 aliphatic heterocycles. The highest BCUT2D eigenvalue weighted by molar-refractivity contribution is 7.99. The standard InChI is InChI=1S/C12H21NO2S/c1-3-15-11(14)12(13-9-4-5-9)7-6-10(8-12)16-2/h9-10,13H,3-8H2,1-2H3. The Labute approximate surface area is 102 Å². The molecule has 2 rings (SSSR count). The van der Waals surface area contributed by atoms with Gasteiger partial charge in [-0.2, -0.15) is 11.8 Å². The van der Waals surface area contributed by atoms with Gasteiger partial charge in [0, 0.05) is 11.3 Å². The van der Waals surface area contributed by atoms with Crippen molar-refractivity contribution in [3.05, 3.63) is 0 Å². The number of ether oxygens (including phenoxy) is 1. The Morgan fingerprint density at radius 2 is 2.25 bits per heavy atom. The van der Waals surface area contributed by atoms with Crippen LogP contribution in [-0.4, -0.2) is 35.7 Å². The molecule has 2 atom stereocenters. The molecular formula is C12H21NO2S. The summed E-state index contributed by atoms with van der Waals surface area (Å²) in [7, 11) is 0. The van der Waals surface area contributed by atoms with E-state index in [1.54, 1.807) is 0 Å². The molecule has 4 heteroatoms. The molecule has 2 aliphatic carbocycles. The first-order valence-corrected chi connectivity index (χ1v) is 7.46. The van der Waals surface area contributed by atoms with Gasteiger partial charge in [-0.3, -0.25) is 10.1 Å². The van der Waals surface area contributed by atoms with Gasteiger partial charge in [0.15, 0.2) is 0 Å². The largest absolute Gasteiger partial charge is 0.465 e. The highest BCUT2D eigenvalue weighted by atomic mass is 32.2. The predicted octanol–water partition coefficient (Wildman–Crippen LogP) is 1.96. The zero-order valence-electron chi connectivity index (χ0n) is 10.1. The third-order valence-corrected chi connectivity index (χ3v) is 4.60. The minimum atomic E-state index is -0.370. The van der Waals surface area contributed by atoms with Gasteiger partial charge in [0.05, 0.1) is 6.61 Å². The van der Waals surface area contributed by atoms with Crippen LogP contribution in [0.3, 0.4) is 0 Å². The normalized spacial score (nSPS) is 34.0. The van der Waals surface area contributed by atoms with E-state index in [0.717, 1.165) is 19.3 Å². The van der Waals surface area contributed by atoms with E-state index in [2.05, 4.69) is 11.6 Å². The number of esters is 1. The molecule has 0 amide bonds. The lowest BCUT2D eigenvalue weighted by molar-refractivity contribution is -0.151. The Hall–Kier alpha value is -0.220. The molecule has 92 valence electrons. The summed E-state index contributed by atoms with van der Waals surface area (Å²) >= 11 is 1.87. The topological polar surface area (TPSA) is 38.3 Å². The average Bonchev–Trinajstić information content (AvgIpc) is 2.97. The minimum absolute atomic E-state index is 0.0292. The van der Waals surface area contributed by atoms with Crippen LogP contribution in [0.1, 0.15) is 39.0 Å². The molecule has 0 bridgehead atoms. The highest BCUT2D eigenvalue weighted by Crippen LogP contribution is 2.39. The number of hydrogen-bond acceptors (Lipinski definition) is 4.